The summed E-state index contributed by atoms with van der Waals surface area (Å²) in [4.78, 5) is 65.0. The zero-order valence-electron chi connectivity index (χ0n) is 37.3. The number of rotatable bonds is 8. The lowest BCUT2D eigenvalue weighted by Gasteiger charge is -2.37. The largest absolute Gasteiger partial charge is 0.394 e. The van der Waals surface area contributed by atoms with Crippen LogP contribution in [0.15, 0.2) is 140 Å². The quantitative estimate of drug-likeness (QED) is 0.120. The molecule has 1 saturated heterocycles. The first-order valence-corrected chi connectivity index (χ1v) is 25.9. The van der Waals surface area contributed by atoms with Gasteiger partial charge in [0.1, 0.15) is 0 Å². The standard InChI is InChI=1S/C55H47FN4O6Si/c1-32-51(67(2,3)56)47(28-48(62)57-30-37-11-5-4-10-36(37)26-40(57)31-61)66-55(32)43-27-39(60-46-19-9-15-35-13-7-17-42(50(35)46)53(60)64)24-25-44(43)58(54(55)65)29-33-20-22-38(23-21-33)59-45-18-8-14-34-12-6-16-41(49(34)45)52(59)63/h4-25,27,32,40,47,51,61H,26,28-31H2,1-3H3/t32-,40+,47+,51-,55+/m1/s1. The molecule has 1 spiro atoms. The Labute approximate surface area is 388 Å². The molecule has 0 saturated carbocycles. The third-order valence-electron chi connectivity index (χ3n) is 15.1. The zero-order valence-corrected chi connectivity index (χ0v) is 38.3. The van der Waals surface area contributed by atoms with Gasteiger partial charge in [0.25, 0.3) is 17.7 Å². The SMILES string of the molecule is C[C@@H]1[C@@H]([Si](C)(C)F)[C@H](CC(=O)N2Cc3ccccc3C[C@H]2CO)O[C@@]12C(=O)N(Cc1ccc(N3C(=O)c4cccc5cccc3c45)cc1)c1ccc(N3C(=O)c4cccc5cccc3c45)cc12. The number of ether oxygens (including phenoxy) is 1. The summed E-state index contributed by atoms with van der Waals surface area (Å²) in [5.74, 6) is -1.65. The van der Waals surface area contributed by atoms with Crippen molar-refractivity contribution in [2.75, 3.05) is 21.3 Å². The Kier molecular flexibility index (Phi) is 9.28. The fourth-order valence-corrected chi connectivity index (χ4v) is 14.6. The molecule has 10 nitrogen and oxygen atoms in total. The van der Waals surface area contributed by atoms with Crippen LogP contribution in [0.3, 0.4) is 0 Å². The van der Waals surface area contributed by atoms with Gasteiger partial charge in [-0.15, -0.1) is 0 Å². The van der Waals surface area contributed by atoms with Crippen molar-refractivity contribution < 1.29 is 33.1 Å². The summed E-state index contributed by atoms with van der Waals surface area (Å²) >= 11 is 0. The molecule has 7 aromatic carbocycles. The third-order valence-corrected chi connectivity index (χ3v) is 17.6. The van der Waals surface area contributed by atoms with Gasteiger partial charge in [0.05, 0.1) is 59.9 Å². The Morgan fingerprint density at radius 1 is 0.731 bits per heavy atom. The van der Waals surface area contributed by atoms with E-state index in [0.717, 1.165) is 49.6 Å². The van der Waals surface area contributed by atoms with E-state index in [1.807, 2.05) is 146 Å². The van der Waals surface area contributed by atoms with E-state index in [9.17, 15) is 19.5 Å². The number of benzene rings is 7. The number of fused-ring (bicyclic) bond motifs is 3. The highest BCUT2D eigenvalue weighted by molar-refractivity contribution is 6.72. The van der Waals surface area contributed by atoms with Crippen molar-refractivity contribution in [3.63, 3.8) is 0 Å². The smallest absolute Gasteiger partial charge is 0.264 e. The molecule has 5 aliphatic heterocycles. The van der Waals surface area contributed by atoms with Crippen LogP contribution in [0, 0.1) is 5.92 Å². The molecule has 7 aromatic rings. The molecule has 0 aromatic heterocycles. The van der Waals surface area contributed by atoms with Gasteiger partial charge in [-0.05, 0) is 102 Å². The van der Waals surface area contributed by atoms with Gasteiger partial charge in [-0.25, -0.2) is 0 Å². The highest BCUT2D eigenvalue weighted by Crippen LogP contribution is 2.61. The number of nitrogens with zero attached hydrogens (tertiary/aromatic N) is 4. The Morgan fingerprint density at radius 3 is 1.93 bits per heavy atom. The highest BCUT2D eigenvalue weighted by atomic mass is 28.4. The van der Waals surface area contributed by atoms with Crippen molar-refractivity contribution in [3.8, 4) is 0 Å². The van der Waals surface area contributed by atoms with E-state index in [4.69, 9.17) is 4.74 Å². The molecule has 5 heterocycles. The van der Waals surface area contributed by atoms with E-state index in [1.165, 1.54) is 0 Å². The lowest BCUT2D eigenvalue weighted by atomic mass is 9.82. The maximum atomic E-state index is 17.1. The van der Waals surface area contributed by atoms with Crippen molar-refractivity contribution in [2.45, 2.75) is 69.2 Å². The zero-order chi connectivity index (χ0) is 46.1. The van der Waals surface area contributed by atoms with E-state index in [1.54, 1.807) is 32.7 Å². The summed E-state index contributed by atoms with van der Waals surface area (Å²) in [6, 6.07) is 43.7. The number of amides is 4. The number of carbonyl (C=O) groups excluding carboxylic acids is 4. The van der Waals surface area contributed by atoms with Gasteiger partial charge in [0.2, 0.25) is 14.3 Å². The minimum absolute atomic E-state index is 0.108. The second kappa shape index (κ2) is 15.0. The summed E-state index contributed by atoms with van der Waals surface area (Å²) in [7, 11) is -3.69. The van der Waals surface area contributed by atoms with Crippen LogP contribution in [0.1, 0.15) is 56.3 Å². The predicted molar refractivity (Wildman–Crippen MR) is 259 cm³/mol. The predicted octanol–water partition coefficient (Wildman–Crippen LogP) is 10.2. The molecule has 67 heavy (non-hydrogen) atoms. The molecular weight excluding hydrogens is 860 g/mol. The molecule has 334 valence electrons. The summed E-state index contributed by atoms with van der Waals surface area (Å²) in [6.07, 6.45) is -0.635. The van der Waals surface area contributed by atoms with Crippen molar-refractivity contribution in [1.29, 1.82) is 0 Å². The van der Waals surface area contributed by atoms with Crippen LogP contribution >= 0.6 is 0 Å². The van der Waals surface area contributed by atoms with Gasteiger partial charge in [-0.3, -0.25) is 29.0 Å². The van der Waals surface area contributed by atoms with Gasteiger partial charge in [0.15, 0.2) is 5.60 Å². The summed E-state index contributed by atoms with van der Waals surface area (Å²) in [6.45, 7) is 5.31. The second-order valence-corrected chi connectivity index (χ2v) is 23.0. The topological polar surface area (TPSA) is 111 Å². The minimum atomic E-state index is -3.69. The monoisotopic (exact) mass is 906 g/mol. The number of carbonyl (C=O) groups is 4. The Balaban J connectivity index is 0.928. The fraction of sp³-hybridized carbons (Fsp3) is 0.236. The maximum Gasteiger partial charge on any atom is 0.264 e. The molecule has 12 heteroatoms. The molecule has 1 fully saturated rings. The molecule has 1 N–H and O–H groups in total. The number of halogens is 1. The Bertz CT molecular complexity index is 3270. The molecule has 0 radical (unpaired) electrons. The Morgan fingerprint density at radius 2 is 1.31 bits per heavy atom. The van der Waals surface area contributed by atoms with Crippen molar-refractivity contribution >= 4 is 82.0 Å². The van der Waals surface area contributed by atoms with Crippen molar-refractivity contribution in [2.24, 2.45) is 5.92 Å². The molecule has 0 aliphatic carbocycles. The van der Waals surface area contributed by atoms with Crippen LogP contribution < -0.4 is 14.7 Å². The average Bonchev–Trinajstić information content (AvgIpc) is 3.98. The first-order chi connectivity index (χ1) is 32.4. The molecule has 5 aliphatic rings. The highest BCUT2D eigenvalue weighted by Gasteiger charge is 2.67. The number of hydrogen-bond donors (Lipinski definition) is 1. The number of hydrogen-bond acceptors (Lipinski definition) is 6. The number of aliphatic hydroxyl groups excluding tert-OH is 1. The average molecular weight is 907 g/mol. The molecule has 4 amide bonds. The summed E-state index contributed by atoms with van der Waals surface area (Å²) in [5.41, 5.74) is 5.49. The van der Waals surface area contributed by atoms with Gasteiger partial charge in [-0.1, -0.05) is 91.9 Å². The molecule has 0 bridgehead atoms. The van der Waals surface area contributed by atoms with E-state index < -0.39 is 37.6 Å². The van der Waals surface area contributed by atoms with Gasteiger partial charge in [0, 0.05) is 45.7 Å². The molecular formula is C55H47FN4O6Si. The third kappa shape index (κ3) is 6.05. The van der Waals surface area contributed by atoms with Gasteiger partial charge >= 0.3 is 0 Å². The van der Waals surface area contributed by atoms with Gasteiger partial charge < -0.3 is 23.8 Å². The lowest BCUT2D eigenvalue weighted by molar-refractivity contribution is -0.151. The van der Waals surface area contributed by atoms with Crippen molar-refractivity contribution in [1.82, 2.24) is 4.90 Å². The van der Waals surface area contributed by atoms with Crippen molar-refractivity contribution in [3.05, 3.63) is 173 Å². The van der Waals surface area contributed by atoms with Crippen LogP contribution in [0.4, 0.5) is 32.5 Å². The van der Waals surface area contributed by atoms with E-state index >= 15 is 8.90 Å². The number of anilines is 5. The fourth-order valence-electron chi connectivity index (χ4n) is 12.1. The minimum Gasteiger partial charge on any atom is -0.394 e. The number of aliphatic hydroxyl groups is 1. The van der Waals surface area contributed by atoms with Crippen LogP contribution in [0.25, 0.3) is 21.5 Å². The van der Waals surface area contributed by atoms with Crippen LogP contribution in [0.2, 0.25) is 18.6 Å². The van der Waals surface area contributed by atoms with E-state index in [0.29, 0.717) is 46.7 Å². The molecule has 5 atom stereocenters. The van der Waals surface area contributed by atoms with Crippen LogP contribution in [-0.2, 0) is 39.4 Å². The first kappa shape index (κ1) is 41.4. The molecule has 0 unspecified atom stereocenters. The van der Waals surface area contributed by atoms with Crippen LogP contribution in [-0.4, -0.2) is 60.8 Å². The van der Waals surface area contributed by atoms with Gasteiger partial charge in [-0.2, -0.15) is 0 Å². The van der Waals surface area contributed by atoms with E-state index in [-0.39, 0.29) is 43.2 Å². The van der Waals surface area contributed by atoms with Crippen LogP contribution in [0.5, 0.6) is 0 Å². The maximum absolute atomic E-state index is 17.1. The first-order valence-electron chi connectivity index (χ1n) is 23.0. The summed E-state index contributed by atoms with van der Waals surface area (Å²) in [5, 5.41) is 14.2. The van der Waals surface area contributed by atoms with E-state index in [2.05, 4.69) is 0 Å². The lowest BCUT2D eigenvalue weighted by Crippen LogP contribution is -2.48. The second-order valence-electron chi connectivity index (χ2n) is 19.2. The Hall–Kier alpha value is -6.99. The molecule has 12 rings (SSSR count). The normalized spacial score (nSPS) is 22.8. The summed E-state index contributed by atoms with van der Waals surface area (Å²) < 4.78 is 24.2.